The van der Waals surface area contributed by atoms with Crippen molar-refractivity contribution >= 4 is 17.4 Å². The molecule has 1 nitrogen and oxygen atoms in total. The molecule has 1 aliphatic heterocycles. The molecule has 0 atom stereocenters. The lowest BCUT2D eigenvalue weighted by molar-refractivity contribution is 1.12. The Hall–Kier alpha value is -0.890. The monoisotopic (exact) mass is 205 g/mol. The molecule has 0 amide bonds. The van der Waals surface area contributed by atoms with E-state index < -0.39 is 0 Å². The van der Waals surface area contributed by atoms with Gasteiger partial charge in [-0.2, -0.15) is 0 Å². The van der Waals surface area contributed by atoms with Crippen LogP contribution in [0.4, 0.5) is 5.69 Å². The first kappa shape index (κ1) is 9.66. The van der Waals surface area contributed by atoms with Crippen molar-refractivity contribution in [1.82, 2.24) is 0 Å². The fourth-order valence-electron chi connectivity index (χ4n) is 1.52. The first-order valence-corrected chi connectivity index (χ1v) is 5.77. The highest BCUT2D eigenvalue weighted by Gasteiger charge is 2.12. The van der Waals surface area contributed by atoms with Crippen LogP contribution in [0, 0.1) is 0 Å². The largest absolute Gasteiger partial charge is 0.358 e. The van der Waals surface area contributed by atoms with Crippen LogP contribution >= 0.6 is 11.8 Å². The minimum atomic E-state index is 1.10. The lowest BCUT2D eigenvalue weighted by Gasteiger charge is -2.20. The van der Waals surface area contributed by atoms with E-state index in [1.807, 2.05) is 11.8 Å². The number of hydrogen-bond acceptors (Lipinski definition) is 2. The third-order valence-electron chi connectivity index (χ3n) is 2.57. The molecule has 74 valence electrons. The molecule has 14 heavy (non-hydrogen) atoms. The van der Waals surface area contributed by atoms with Crippen LogP contribution < -0.4 is 5.32 Å². The lowest BCUT2D eigenvalue weighted by Crippen LogP contribution is -2.04. The zero-order chi connectivity index (χ0) is 10.1. The highest BCUT2D eigenvalue weighted by molar-refractivity contribution is 8.03. The summed E-state index contributed by atoms with van der Waals surface area (Å²) >= 11 is 1.86. The first-order chi connectivity index (χ1) is 6.70. The number of benzene rings is 1. The summed E-state index contributed by atoms with van der Waals surface area (Å²) in [5.41, 5.74) is 3.93. The van der Waals surface area contributed by atoms with Crippen LogP contribution in [0.3, 0.4) is 0 Å². The SMILES string of the molecule is CCc1ccc2c(c1)NC(C)=C(C)S2. The molecule has 2 heteroatoms. The van der Waals surface area contributed by atoms with E-state index in [2.05, 4.69) is 44.3 Å². The summed E-state index contributed by atoms with van der Waals surface area (Å²) in [6.45, 7) is 6.47. The van der Waals surface area contributed by atoms with E-state index in [1.54, 1.807) is 0 Å². The predicted molar refractivity (Wildman–Crippen MR) is 63.7 cm³/mol. The van der Waals surface area contributed by atoms with Crippen LogP contribution in [0.1, 0.15) is 26.3 Å². The number of anilines is 1. The van der Waals surface area contributed by atoms with Gasteiger partial charge < -0.3 is 5.32 Å². The molecular weight excluding hydrogens is 190 g/mol. The highest BCUT2D eigenvalue weighted by Crippen LogP contribution is 2.39. The first-order valence-electron chi connectivity index (χ1n) is 4.96. The van der Waals surface area contributed by atoms with Gasteiger partial charge in [0.15, 0.2) is 0 Å². The summed E-state index contributed by atoms with van der Waals surface area (Å²) < 4.78 is 0. The zero-order valence-electron chi connectivity index (χ0n) is 8.85. The zero-order valence-corrected chi connectivity index (χ0v) is 9.66. The molecule has 1 aliphatic rings. The summed E-state index contributed by atoms with van der Waals surface area (Å²) in [7, 11) is 0. The Morgan fingerprint density at radius 3 is 2.79 bits per heavy atom. The van der Waals surface area contributed by atoms with Gasteiger partial charge in [0.1, 0.15) is 0 Å². The topological polar surface area (TPSA) is 12.0 Å². The third-order valence-corrected chi connectivity index (χ3v) is 3.75. The maximum atomic E-state index is 3.44. The van der Waals surface area contributed by atoms with E-state index in [0.29, 0.717) is 0 Å². The molecule has 1 heterocycles. The number of aryl methyl sites for hydroxylation is 1. The predicted octanol–water partition coefficient (Wildman–Crippen LogP) is 4.02. The second-order valence-electron chi connectivity index (χ2n) is 3.59. The van der Waals surface area contributed by atoms with Crippen molar-refractivity contribution in [3.8, 4) is 0 Å². The molecule has 1 N–H and O–H groups in total. The van der Waals surface area contributed by atoms with Crippen LogP contribution in [0.15, 0.2) is 33.7 Å². The normalized spacial score (nSPS) is 15.1. The van der Waals surface area contributed by atoms with Crippen molar-refractivity contribution in [2.45, 2.75) is 32.1 Å². The standard InChI is InChI=1S/C12H15NS/c1-4-10-5-6-12-11(7-10)13-8(2)9(3)14-12/h5-7,13H,4H2,1-3H3. The van der Waals surface area contributed by atoms with E-state index >= 15 is 0 Å². The summed E-state index contributed by atoms with van der Waals surface area (Å²) in [5, 5.41) is 3.44. The second kappa shape index (κ2) is 3.70. The number of allylic oxidation sites excluding steroid dienone is 2. The number of fused-ring (bicyclic) bond motifs is 1. The maximum absolute atomic E-state index is 3.44. The Morgan fingerprint density at radius 2 is 2.07 bits per heavy atom. The highest BCUT2D eigenvalue weighted by atomic mass is 32.2. The van der Waals surface area contributed by atoms with Crippen molar-refractivity contribution in [1.29, 1.82) is 0 Å². The van der Waals surface area contributed by atoms with Crippen LogP contribution in [0.5, 0.6) is 0 Å². The number of hydrogen-bond donors (Lipinski definition) is 1. The number of rotatable bonds is 1. The molecular formula is C12H15NS. The van der Waals surface area contributed by atoms with Crippen molar-refractivity contribution in [2.24, 2.45) is 0 Å². The molecule has 1 aromatic carbocycles. The van der Waals surface area contributed by atoms with Crippen LogP contribution in [0.25, 0.3) is 0 Å². The minimum absolute atomic E-state index is 1.10. The Labute approximate surface area is 89.6 Å². The van der Waals surface area contributed by atoms with Crippen LogP contribution in [-0.4, -0.2) is 0 Å². The van der Waals surface area contributed by atoms with E-state index in [4.69, 9.17) is 0 Å². The van der Waals surface area contributed by atoms with E-state index in [0.717, 1.165) is 6.42 Å². The molecule has 0 aliphatic carbocycles. The van der Waals surface area contributed by atoms with Crippen molar-refractivity contribution in [3.05, 3.63) is 34.4 Å². The van der Waals surface area contributed by atoms with Crippen molar-refractivity contribution in [3.63, 3.8) is 0 Å². The molecule has 0 saturated heterocycles. The minimum Gasteiger partial charge on any atom is -0.358 e. The average Bonchev–Trinajstić information content (AvgIpc) is 2.19. The molecule has 0 aromatic heterocycles. The van der Waals surface area contributed by atoms with Crippen LogP contribution in [-0.2, 0) is 6.42 Å². The van der Waals surface area contributed by atoms with Gasteiger partial charge in [0.05, 0.1) is 5.69 Å². The van der Waals surface area contributed by atoms with Gasteiger partial charge in [-0.25, -0.2) is 0 Å². The van der Waals surface area contributed by atoms with Gasteiger partial charge >= 0.3 is 0 Å². The molecule has 0 radical (unpaired) electrons. The van der Waals surface area contributed by atoms with Gasteiger partial charge in [-0.05, 0) is 38.0 Å². The van der Waals surface area contributed by atoms with E-state index in [-0.39, 0.29) is 0 Å². The fourth-order valence-corrected chi connectivity index (χ4v) is 2.41. The molecule has 0 fully saturated rings. The average molecular weight is 205 g/mol. The molecule has 0 unspecified atom stereocenters. The third kappa shape index (κ3) is 1.67. The van der Waals surface area contributed by atoms with Gasteiger partial charge in [0.2, 0.25) is 0 Å². The van der Waals surface area contributed by atoms with Gasteiger partial charge in [-0.15, -0.1) is 0 Å². The Morgan fingerprint density at radius 1 is 1.29 bits per heavy atom. The van der Waals surface area contributed by atoms with Gasteiger partial charge in [-0.3, -0.25) is 0 Å². The number of nitrogens with one attached hydrogen (secondary N) is 1. The second-order valence-corrected chi connectivity index (χ2v) is 4.85. The van der Waals surface area contributed by atoms with Gasteiger partial charge in [0, 0.05) is 15.5 Å². The molecule has 0 spiro atoms. The van der Waals surface area contributed by atoms with Crippen molar-refractivity contribution in [2.75, 3.05) is 5.32 Å². The Bertz CT molecular complexity index is 393. The Balaban J connectivity index is 2.39. The summed E-state index contributed by atoms with van der Waals surface area (Å²) in [4.78, 5) is 2.70. The smallest absolute Gasteiger partial charge is 0.0526 e. The van der Waals surface area contributed by atoms with Crippen LogP contribution in [0.2, 0.25) is 0 Å². The maximum Gasteiger partial charge on any atom is 0.0526 e. The van der Waals surface area contributed by atoms with Gasteiger partial charge in [-0.1, -0.05) is 24.8 Å². The fraction of sp³-hybridized carbons (Fsp3) is 0.333. The Kier molecular flexibility index (Phi) is 2.55. The summed E-state index contributed by atoms with van der Waals surface area (Å²) in [5.74, 6) is 0. The molecule has 2 rings (SSSR count). The number of thioether (sulfide) groups is 1. The summed E-state index contributed by atoms with van der Waals surface area (Å²) in [6, 6.07) is 6.67. The molecule has 0 bridgehead atoms. The molecule has 1 aromatic rings. The van der Waals surface area contributed by atoms with E-state index in [1.165, 1.54) is 26.7 Å². The molecule has 0 saturated carbocycles. The van der Waals surface area contributed by atoms with E-state index in [9.17, 15) is 0 Å². The van der Waals surface area contributed by atoms with Gasteiger partial charge in [0.25, 0.3) is 0 Å². The lowest BCUT2D eigenvalue weighted by atomic mass is 10.1. The van der Waals surface area contributed by atoms with Crippen molar-refractivity contribution < 1.29 is 0 Å². The quantitative estimate of drug-likeness (QED) is 0.743. The summed E-state index contributed by atoms with van der Waals surface area (Å²) in [6.07, 6.45) is 1.10.